The van der Waals surface area contributed by atoms with Crippen LogP contribution in [0.1, 0.15) is 0 Å². The quantitative estimate of drug-likeness (QED) is 0.183. The van der Waals surface area contributed by atoms with Crippen LogP contribution in [0.5, 0.6) is 0 Å². The standard InChI is InChI=1S/C50H29N3O2/c1-3-13-30(14-4-1)37-28-41-46(29-38(37)31-15-5-2-6-16-31)55-50-48(41)51-49(47(52-50)34-23-24-45-40(26-34)36-20-10-12-22-44(36)54-45)53-42-21-11-9-19-35(42)39-25-32-17-7-8-18-33(32)27-43(39)53/h1-29H. The molecule has 0 bridgehead atoms. The summed E-state index contributed by atoms with van der Waals surface area (Å²) in [5.41, 5.74) is 11.8. The number of nitrogens with zero attached hydrogens (tertiary/aromatic N) is 3. The summed E-state index contributed by atoms with van der Waals surface area (Å²) >= 11 is 0. The molecule has 0 aliphatic rings. The highest BCUT2D eigenvalue weighted by Crippen LogP contribution is 2.42. The van der Waals surface area contributed by atoms with E-state index in [-0.39, 0.29) is 0 Å². The van der Waals surface area contributed by atoms with E-state index >= 15 is 0 Å². The Bertz CT molecular complexity index is 3480. The number of furan rings is 2. The highest BCUT2D eigenvalue weighted by atomic mass is 16.3. The van der Waals surface area contributed by atoms with E-state index < -0.39 is 0 Å². The fourth-order valence-electron chi connectivity index (χ4n) is 8.43. The summed E-state index contributed by atoms with van der Waals surface area (Å²) in [6.07, 6.45) is 0. The molecule has 12 rings (SSSR count). The average molecular weight is 704 g/mol. The molecule has 5 heteroatoms. The number of hydrogen-bond donors (Lipinski definition) is 0. The van der Waals surface area contributed by atoms with Gasteiger partial charge in [0.15, 0.2) is 5.82 Å². The second-order valence-corrected chi connectivity index (χ2v) is 14.2. The Morgan fingerprint density at radius 2 is 1.04 bits per heavy atom. The molecule has 0 N–H and O–H groups in total. The molecule has 0 radical (unpaired) electrons. The SMILES string of the molecule is c1ccc(-c2cc3oc4nc(-c5ccc6oc7ccccc7c6c5)c(-n5c6ccccc6c6cc7ccccc7cc65)nc4c3cc2-c2ccccc2)cc1. The van der Waals surface area contributed by atoms with E-state index in [1.165, 1.54) is 5.39 Å². The van der Waals surface area contributed by atoms with Crippen molar-refractivity contribution in [3.05, 3.63) is 176 Å². The minimum Gasteiger partial charge on any atom is -0.456 e. The van der Waals surface area contributed by atoms with E-state index in [2.05, 4.69) is 150 Å². The molecule has 0 atom stereocenters. The summed E-state index contributed by atoms with van der Waals surface area (Å²) in [5, 5.41) is 7.67. The van der Waals surface area contributed by atoms with Crippen molar-refractivity contribution in [1.29, 1.82) is 0 Å². The van der Waals surface area contributed by atoms with Crippen molar-refractivity contribution in [3.63, 3.8) is 0 Å². The van der Waals surface area contributed by atoms with Crippen molar-refractivity contribution in [2.75, 3.05) is 0 Å². The van der Waals surface area contributed by atoms with Crippen molar-refractivity contribution >= 4 is 76.7 Å². The van der Waals surface area contributed by atoms with Crippen LogP contribution in [0.3, 0.4) is 0 Å². The van der Waals surface area contributed by atoms with Gasteiger partial charge in [-0.2, -0.15) is 0 Å². The first-order chi connectivity index (χ1) is 27.2. The van der Waals surface area contributed by atoms with Gasteiger partial charge in [-0.05, 0) is 87.6 Å². The zero-order valence-electron chi connectivity index (χ0n) is 29.4. The van der Waals surface area contributed by atoms with Crippen LogP contribution in [0, 0.1) is 0 Å². The van der Waals surface area contributed by atoms with Crippen LogP contribution in [0.15, 0.2) is 185 Å². The van der Waals surface area contributed by atoms with Crippen LogP contribution in [-0.2, 0) is 0 Å². The van der Waals surface area contributed by atoms with Gasteiger partial charge in [0.25, 0.3) is 0 Å². The van der Waals surface area contributed by atoms with Gasteiger partial charge in [0.1, 0.15) is 28.0 Å². The fourth-order valence-corrected chi connectivity index (χ4v) is 8.43. The number of fused-ring (bicyclic) bond motifs is 10. The molecule has 0 amide bonds. The first kappa shape index (κ1) is 30.0. The van der Waals surface area contributed by atoms with E-state index in [9.17, 15) is 0 Å². The summed E-state index contributed by atoms with van der Waals surface area (Å²) < 4.78 is 15.2. The maximum absolute atomic E-state index is 6.71. The number of para-hydroxylation sites is 2. The molecule has 0 aliphatic heterocycles. The van der Waals surface area contributed by atoms with Crippen LogP contribution >= 0.6 is 0 Å². The predicted molar refractivity (Wildman–Crippen MR) is 225 cm³/mol. The normalized spacial score (nSPS) is 12.0. The Kier molecular flexibility index (Phi) is 6.27. The number of rotatable bonds is 4. The van der Waals surface area contributed by atoms with Crippen LogP contribution in [-0.4, -0.2) is 14.5 Å². The molecule has 5 nitrogen and oxygen atoms in total. The third-order valence-corrected chi connectivity index (χ3v) is 11.0. The largest absolute Gasteiger partial charge is 0.456 e. The molecule has 256 valence electrons. The van der Waals surface area contributed by atoms with Crippen molar-refractivity contribution in [1.82, 2.24) is 14.5 Å². The summed E-state index contributed by atoms with van der Waals surface area (Å²) in [4.78, 5) is 11.0. The van der Waals surface area contributed by atoms with Crippen molar-refractivity contribution in [2.24, 2.45) is 0 Å². The molecular weight excluding hydrogens is 675 g/mol. The molecular formula is C50H29N3O2. The average Bonchev–Trinajstić information content (AvgIpc) is 3.90. The Morgan fingerprint density at radius 1 is 0.382 bits per heavy atom. The topological polar surface area (TPSA) is 57.0 Å². The molecule has 4 aromatic heterocycles. The molecule has 55 heavy (non-hydrogen) atoms. The molecule has 0 unspecified atom stereocenters. The Morgan fingerprint density at radius 3 is 1.84 bits per heavy atom. The number of benzene rings is 8. The Hall–Kier alpha value is -7.50. The van der Waals surface area contributed by atoms with E-state index in [1.807, 2.05) is 30.3 Å². The summed E-state index contributed by atoms with van der Waals surface area (Å²) in [6, 6.07) is 61.5. The van der Waals surface area contributed by atoms with Crippen molar-refractivity contribution in [2.45, 2.75) is 0 Å². The minimum atomic E-state index is 0.487. The van der Waals surface area contributed by atoms with E-state index in [1.54, 1.807) is 0 Å². The molecule has 0 saturated heterocycles. The molecule has 8 aromatic carbocycles. The van der Waals surface area contributed by atoms with E-state index in [4.69, 9.17) is 18.8 Å². The molecule has 0 fully saturated rings. The summed E-state index contributed by atoms with van der Waals surface area (Å²) in [6.45, 7) is 0. The van der Waals surface area contributed by atoms with Gasteiger partial charge in [0.2, 0.25) is 5.71 Å². The van der Waals surface area contributed by atoms with Gasteiger partial charge in [-0.1, -0.05) is 121 Å². The molecule has 0 aliphatic carbocycles. The molecule has 0 saturated carbocycles. The third kappa shape index (κ3) is 4.53. The van der Waals surface area contributed by atoms with Crippen molar-refractivity contribution in [3.8, 4) is 39.3 Å². The van der Waals surface area contributed by atoms with Gasteiger partial charge in [0, 0.05) is 32.5 Å². The number of hydrogen-bond acceptors (Lipinski definition) is 4. The van der Waals surface area contributed by atoms with Crippen LogP contribution in [0.2, 0.25) is 0 Å². The molecule has 4 heterocycles. The van der Waals surface area contributed by atoms with E-state index in [0.717, 1.165) is 99.4 Å². The minimum absolute atomic E-state index is 0.487. The highest BCUT2D eigenvalue weighted by molar-refractivity contribution is 6.15. The second kappa shape index (κ2) is 11.5. The molecule has 12 aromatic rings. The number of aromatic nitrogens is 3. The van der Waals surface area contributed by atoms with E-state index in [0.29, 0.717) is 11.2 Å². The highest BCUT2D eigenvalue weighted by Gasteiger charge is 2.24. The van der Waals surface area contributed by atoms with Gasteiger partial charge in [0.05, 0.1) is 11.0 Å². The van der Waals surface area contributed by atoms with Gasteiger partial charge in [-0.25, -0.2) is 9.97 Å². The Balaban J connectivity index is 1.21. The fraction of sp³-hybridized carbons (Fsp3) is 0. The Labute approximate surface area is 314 Å². The molecule has 0 spiro atoms. The van der Waals surface area contributed by atoms with Gasteiger partial charge in [-0.3, -0.25) is 4.57 Å². The van der Waals surface area contributed by atoms with Crippen LogP contribution in [0.25, 0.3) is 116 Å². The monoisotopic (exact) mass is 703 g/mol. The summed E-state index contributed by atoms with van der Waals surface area (Å²) in [7, 11) is 0. The maximum Gasteiger partial charge on any atom is 0.247 e. The lowest BCUT2D eigenvalue weighted by Crippen LogP contribution is -2.03. The van der Waals surface area contributed by atoms with Crippen LogP contribution in [0.4, 0.5) is 0 Å². The third-order valence-electron chi connectivity index (χ3n) is 11.0. The predicted octanol–water partition coefficient (Wildman–Crippen LogP) is 13.5. The second-order valence-electron chi connectivity index (χ2n) is 14.2. The smallest absolute Gasteiger partial charge is 0.247 e. The zero-order chi connectivity index (χ0) is 36.0. The van der Waals surface area contributed by atoms with Gasteiger partial charge >= 0.3 is 0 Å². The van der Waals surface area contributed by atoms with Crippen molar-refractivity contribution < 1.29 is 8.83 Å². The summed E-state index contributed by atoms with van der Waals surface area (Å²) in [5.74, 6) is 0.734. The first-order valence-electron chi connectivity index (χ1n) is 18.5. The first-order valence-corrected chi connectivity index (χ1v) is 18.5. The maximum atomic E-state index is 6.71. The van der Waals surface area contributed by atoms with Gasteiger partial charge < -0.3 is 8.83 Å². The lowest BCUT2D eigenvalue weighted by Gasteiger charge is -2.13. The lowest BCUT2D eigenvalue weighted by molar-refractivity contribution is 0.653. The zero-order valence-corrected chi connectivity index (χ0v) is 29.4. The lowest BCUT2D eigenvalue weighted by atomic mass is 9.93. The van der Waals surface area contributed by atoms with Gasteiger partial charge in [-0.15, -0.1) is 0 Å². The van der Waals surface area contributed by atoms with Crippen LogP contribution < -0.4 is 0 Å².